The average molecular weight is 355 g/mol. The van der Waals surface area contributed by atoms with Gasteiger partial charge in [-0.05, 0) is 51.3 Å². The number of methoxy groups -OCH3 is 1. The van der Waals surface area contributed by atoms with E-state index in [1.54, 1.807) is 7.11 Å². The summed E-state index contributed by atoms with van der Waals surface area (Å²) in [7, 11) is 1.58. The lowest BCUT2D eigenvalue weighted by molar-refractivity contribution is -0.114. The maximum atomic E-state index is 11.1. The first-order valence-electron chi connectivity index (χ1n) is 5.92. The van der Waals surface area contributed by atoms with Crippen molar-refractivity contribution in [3.8, 4) is 16.9 Å². The minimum absolute atomic E-state index is 0.106. The van der Waals surface area contributed by atoms with E-state index in [4.69, 9.17) is 16.3 Å². The highest BCUT2D eigenvalue weighted by Gasteiger charge is 2.07. The van der Waals surface area contributed by atoms with Crippen molar-refractivity contribution in [3.05, 3.63) is 45.9 Å². The van der Waals surface area contributed by atoms with E-state index in [2.05, 4.69) is 21.2 Å². The molecule has 0 atom stereocenters. The van der Waals surface area contributed by atoms with Gasteiger partial charge in [-0.3, -0.25) is 4.79 Å². The topological polar surface area (TPSA) is 38.3 Å². The SMILES string of the molecule is COc1ccc(-c2ccc(NC(C)=O)c(Br)c2)cc1Cl. The number of hydrogen-bond acceptors (Lipinski definition) is 2. The third kappa shape index (κ3) is 3.32. The summed E-state index contributed by atoms with van der Waals surface area (Å²) in [6.07, 6.45) is 0. The molecule has 2 aromatic rings. The van der Waals surface area contributed by atoms with Crippen LogP contribution in [-0.4, -0.2) is 13.0 Å². The molecule has 0 saturated heterocycles. The summed E-state index contributed by atoms with van der Waals surface area (Å²) in [5, 5.41) is 3.31. The van der Waals surface area contributed by atoms with Crippen molar-refractivity contribution < 1.29 is 9.53 Å². The summed E-state index contributed by atoms with van der Waals surface area (Å²) in [6.45, 7) is 1.48. The Morgan fingerprint density at radius 3 is 2.40 bits per heavy atom. The molecule has 5 heteroatoms. The molecule has 1 amide bonds. The summed E-state index contributed by atoms with van der Waals surface area (Å²) < 4.78 is 5.95. The zero-order valence-corrected chi connectivity index (χ0v) is 13.4. The molecule has 0 unspecified atom stereocenters. The van der Waals surface area contributed by atoms with Crippen LogP contribution in [0.2, 0.25) is 5.02 Å². The first-order chi connectivity index (χ1) is 9.51. The Bertz CT molecular complexity index is 658. The van der Waals surface area contributed by atoms with Crippen molar-refractivity contribution in [3.63, 3.8) is 0 Å². The Balaban J connectivity index is 2.36. The number of ether oxygens (including phenoxy) is 1. The molecule has 0 fully saturated rings. The van der Waals surface area contributed by atoms with E-state index in [-0.39, 0.29) is 5.91 Å². The molecular weight excluding hydrogens is 342 g/mol. The third-order valence-electron chi connectivity index (χ3n) is 2.76. The van der Waals surface area contributed by atoms with Crippen molar-refractivity contribution in [2.24, 2.45) is 0 Å². The van der Waals surface area contributed by atoms with Gasteiger partial charge < -0.3 is 10.1 Å². The van der Waals surface area contributed by atoms with Gasteiger partial charge in [-0.1, -0.05) is 23.7 Å². The smallest absolute Gasteiger partial charge is 0.221 e. The quantitative estimate of drug-likeness (QED) is 0.865. The molecule has 2 rings (SSSR count). The molecule has 0 bridgehead atoms. The fourth-order valence-electron chi connectivity index (χ4n) is 1.83. The number of benzene rings is 2. The van der Waals surface area contributed by atoms with Gasteiger partial charge in [0.2, 0.25) is 5.91 Å². The number of hydrogen-bond donors (Lipinski definition) is 1. The number of halogens is 2. The summed E-state index contributed by atoms with van der Waals surface area (Å²) >= 11 is 9.57. The molecule has 0 aliphatic carbocycles. The van der Waals surface area contributed by atoms with E-state index in [0.717, 1.165) is 21.3 Å². The molecule has 0 heterocycles. The molecule has 2 aromatic carbocycles. The van der Waals surface area contributed by atoms with Crippen molar-refractivity contribution in [2.75, 3.05) is 12.4 Å². The molecule has 20 heavy (non-hydrogen) atoms. The van der Waals surface area contributed by atoms with Crippen LogP contribution in [0.3, 0.4) is 0 Å². The molecule has 0 aliphatic rings. The van der Waals surface area contributed by atoms with Crippen LogP contribution >= 0.6 is 27.5 Å². The monoisotopic (exact) mass is 353 g/mol. The van der Waals surface area contributed by atoms with Crippen molar-refractivity contribution in [1.29, 1.82) is 0 Å². The zero-order valence-electron chi connectivity index (χ0n) is 11.0. The van der Waals surface area contributed by atoms with Gasteiger partial charge in [0.05, 0.1) is 17.8 Å². The van der Waals surface area contributed by atoms with E-state index >= 15 is 0 Å². The second kappa shape index (κ2) is 6.29. The third-order valence-corrected chi connectivity index (χ3v) is 3.72. The second-order valence-corrected chi connectivity index (χ2v) is 5.49. The Kier molecular flexibility index (Phi) is 4.68. The fraction of sp³-hybridized carbons (Fsp3) is 0.133. The van der Waals surface area contributed by atoms with Crippen LogP contribution in [0.5, 0.6) is 5.75 Å². The molecule has 1 N–H and O–H groups in total. The second-order valence-electron chi connectivity index (χ2n) is 4.23. The highest BCUT2D eigenvalue weighted by Crippen LogP contribution is 2.33. The summed E-state index contributed by atoms with van der Waals surface area (Å²) in [5.41, 5.74) is 2.71. The minimum atomic E-state index is -0.106. The maximum absolute atomic E-state index is 11.1. The van der Waals surface area contributed by atoms with Gasteiger partial charge in [0.15, 0.2) is 0 Å². The normalized spacial score (nSPS) is 10.2. The van der Waals surface area contributed by atoms with Crippen LogP contribution in [0.4, 0.5) is 5.69 Å². The van der Waals surface area contributed by atoms with Gasteiger partial charge in [-0.15, -0.1) is 0 Å². The summed E-state index contributed by atoms with van der Waals surface area (Å²) in [4.78, 5) is 11.1. The van der Waals surface area contributed by atoms with Crippen LogP contribution in [0.1, 0.15) is 6.92 Å². The van der Waals surface area contributed by atoms with Crippen LogP contribution in [0.25, 0.3) is 11.1 Å². The van der Waals surface area contributed by atoms with Gasteiger partial charge in [-0.2, -0.15) is 0 Å². The van der Waals surface area contributed by atoms with Crippen LogP contribution in [0.15, 0.2) is 40.9 Å². The maximum Gasteiger partial charge on any atom is 0.221 e. The molecule has 0 spiro atoms. The van der Waals surface area contributed by atoms with Crippen molar-refractivity contribution >= 4 is 39.1 Å². The standard InChI is InChI=1S/C15H13BrClNO2/c1-9(19)18-14-5-3-10(7-12(14)16)11-4-6-15(20-2)13(17)8-11/h3-8H,1-2H3,(H,18,19). The van der Waals surface area contributed by atoms with E-state index < -0.39 is 0 Å². The van der Waals surface area contributed by atoms with Crippen LogP contribution in [-0.2, 0) is 4.79 Å². The number of amides is 1. The molecule has 0 aliphatic heterocycles. The lowest BCUT2D eigenvalue weighted by Gasteiger charge is -2.09. The molecule has 3 nitrogen and oxygen atoms in total. The van der Waals surface area contributed by atoms with E-state index in [1.807, 2.05) is 36.4 Å². The Morgan fingerprint density at radius 1 is 1.20 bits per heavy atom. The summed E-state index contributed by atoms with van der Waals surface area (Å²) in [6, 6.07) is 11.3. The molecule has 104 valence electrons. The lowest BCUT2D eigenvalue weighted by Crippen LogP contribution is -2.06. The number of carbonyl (C=O) groups excluding carboxylic acids is 1. The Morgan fingerprint density at radius 2 is 1.85 bits per heavy atom. The van der Waals surface area contributed by atoms with Crippen LogP contribution in [0, 0.1) is 0 Å². The molecular formula is C15H13BrClNO2. The minimum Gasteiger partial charge on any atom is -0.495 e. The summed E-state index contributed by atoms with van der Waals surface area (Å²) in [5.74, 6) is 0.537. The van der Waals surface area contributed by atoms with Gasteiger partial charge in [0, 0.05) is 11.4 Å². The predicted molar refractivity (Wildman–Crippen MR) is 85.4 cm³/mol. The number of carbonyl (C=O) groups is 1. The molecule has 0 saturated carbocycles. The Hall–Kier alpha value is -1.52. The first-order valence-corrected chi connectivity index (χ1v) is 7.09. The van der Waals surface area contributed by atoms with Gasteiger partial charge in [0.25, 0.3) is 0 Å². The Labute approximate surface area is 131 Å². The van der Waals surface area contributed by atoms with E-state index in [1.165, 1.54) is 6.92 Å². The van der Waals surface area contributed by atoms with Crippen LogP contribution < -0.4 is 10.1 Å². The highest BCUT2D eigenvalue weighted by atomic mass is 79.9. The zero-order chi connectivity index (χ0) is 14.7. The number of nitrogens with one attached hydrogen (secondary N) is 1. The van der Waals surface area contributed by atoms with E-state index in [9.17, 15) is 4.79 Å². The number of rotatable bonds is 3. The van der Waals surface area contributed by atoms with Gasteiger partial charge in [0.1, 0.15) is 5.75 Å². The number of anilines is 1. The largest absolute Gasteiger partial charge is 0.495 e. The molecule has 0 aromatic heterocycles. The highest BCUT2D eigenvalue weighted by molar-refractivity contribution is 9.10. The van der Waals surface area contributed by atoms with Gasteiger partial charge >= 0.3 is 0 Å². The average Bonchev–Trinajstić information content (AvgIpc) is 2.40. The van der Waals surface area contributed by atoms with E-state index in [0.29, 0.717) is 10.8 Å². The first kappa shape index (κ1) is 14.9. The molecule has 0 radical (unpaired) electrons. The lowest BCUT2D eigenvalue weighted by atomic mass is 10.1. The predicted octanol–water partition coefficient (Wildman–Crippen LogP) is 4.74. The van der Waals surface area contributed by atoms with Crippen molar-refractivity contribution in [2.45, 2.75) is 6.92 Å². The fourth-order valence-corrected chi connectivity index (χ4v) is 2.57. The van der Waals surface area contributed by atoms with Gasteiger partial charge in [-0.25, -0.2) is 0 Å². The van der Waals surface area contributed by atoms with Crippen molar-refractivity contribution in [1.82, 2.24) is 0 Å².